The maximum Gasteiger partial charge on any atom is 0.270 e. The monoisotopic (exact) mass is 345 g/mol. The van der Waals surface area contributed by atoms with Gasteiger partial charge in [-0.25, -0.2) is 4.98 Å². The van der Waals surface area contributed by atoms with E-state index in [2.05, 4.69) is 4.98 Å². The van der Waals surface area contributed by atoms with Crippen LogP contribution in [0, 0.1) is 6.92 Å². The summed E-state index contributed by atoms with van der Waals surface area (Å²) in [5.41, 5.74) is 0.650. The van der Waals surface area contributed by atoms with E-state index in [-0.39, 0.29) is 23.1 Å². The fourth-order valence-corrected chi connectivity index (χ4v) is 3.22. The van der Waals surface area contributed by atoms with Gasteiger partial charge in [-0.15, -0.1) is 0 Å². The predicted octanol–water partition coefficient (Wildman–Crippen LogP) is 1.27. The average molecular weight is 345 g/mol. The number of carbonyl (C=O) groups is 1. The van der Waals surface area contributed by atoms with Crippen molar-refractivity contribution in [3.63, 3.8) is 0 Å². The molecule has 0 aromatic carbocycles. The van der Waals surface area contributed by atoms with E-state index < -0.39 is 5.60 Å². The zero-order valence-corrected chi connectivity index (χ0v) is 15.0. The molecule has 2 aromatic rings. The number of amides is 1. The van der Waals surface area contributed by atoms with Crippen LogP contribution in [-0.2, 0) is 9.47 Å². The van der Waals surface area contributed by atoms with Crippen molar-refractivity contribution in [1.29, 1.82) is 0 Å². The number of methoxy groups -OCH3 is 1. The second kappa shape index (κ2) is 6.57. The lowest BCUT2D eigenvalue weighted by molar-refractivity contribution is -0.143. The molecule has 0 bridgehead atoms. The average Bonchev–Trinajstić information content (AvgIpc) is 2.54. The minimum absolute atomic E-state index is 0.0666. The largest absolute Gasteiger partial charge is 0.382 e. The van der Waals surface area contributed by atoms with Crippen LogP contribution in [0.4, 0.5) is 0 Å². The van der Waals surface area contributed by atoms with Gasteiger partial charge in [-0.2, -0.15) is 0 Å². The van der Waals surface area contributed by atoms with Crippen LogP contribution < -0.4 is 5.56 Å². The van der Waals surface area contributed by atoms with Gasteiger partial charge in [0.25, 0.3) is 11.5 Å². The van der Waals surface area contributed by atoms with Crippen molar-refractivity contribution >= 4 is 11.6 Å². The molecule has 0 radical (unpaired) electrons. The molecule has 0 spiro atoms. The highest BCUT2D eigenvalue weighted by Gasteiger charge is 2.36. The molecular weight excluding hydrogens is 322 g/mol. The van der Waals surface area contributed by atoms with E-state index in [4.69, 9.17) is 9.47 Å². The molecular formula is C18H23N3O4. The lowest BCUT2D eigenvalue weighted by Gasteiger charge is -2.42. The first-order chi connectivity index (χ1) is 11.8. The molecule has 2 aromatic heterocycles. The number of aromatic nitrogens is 2. The molecule has 1 saturated heterocycles. The summed E-state index contributed by atoms with van der Waals surface area (Å²) in [6.45, 7) is 6.91. The van der Waals surface area contributed by atoms with Crippen molar-refractivity contribution in [3.8, 4) is 0 Å². The Kier molecular flexibility index (Phi) is 4.62. The molecule has 1 amide bonds. The number of rotatable bonds is 3. The van der Waals surface area contributed by atoms with Gasteiger partial charge >= 0.3 is 0 Å². The maximum atomic E-state index is 13.0. The number of nitrogens with zero attached hydrogens (tertiary/aromatic N) is 3. The summed E-state index contributed by atoms with van der Waals surface area (Å²) in [5, 5.41) is 0. The van der Waals surface area contributed by atoms with Crippen LogP contribution >= 0.6 is 0 Å². The van der Waals surface area contributed by atoms with E-state index in [1.165, 1.54) is 10.6 Å². The number of carbonyl (C=O) groups excluding carboxylic acids is 1. The topological polar surface area (TPSA) is 73.1 Å². The fourth-order valence-electron chi connectivity index (χ4n) is 3.22. The van der Waals surface area contributed by atoms with Gasteiger partial charge in [-0.3, -0.25) is 14.0 Å². The highest BCUT2D eigenvalue weighted by Crippen LogP contribution is 2.22. The molecule has 7 nitrogen and oxygen atoms in total. The van der Waals surface area contributed by atoms with Gasteiger partial charge in [0.1, 0.15) is 11.2 Å². The number of hydrogen-bond donors (Lipinski definition) is 0. The second-order valence-electron chi connectivity index (χ2n) is 7.05. The van der Waals surface area contributed by atoms with E-state index in [1.54, 1.807) is 24.3 Å². The van der Waals surface area contributed by atoms with E-state index in [0.29, 0.717) is 25.3 Å². The molecule has 7 heteroatoms. The van der Waals surface area contributed by atoms with Crippen molar-refractivity contribution in [2.45, 2.75) is 32.5 Å². The van der Waals surface area contributed by atoms with Gasteiger partial charge < -0.3 is 14.4 Å². The molecule has 134 valence electrons. The van der Waals surface area contributed by atoms with Crippen LogP contribution in [0.3, 0.4) is 0 Å². The van der Waals surface area contributed by atoms with Gasteiger partial charge in [-0.05, 0) is 32.4 Å². The standard InChI is InChI=1S/C18H23N3O4/c1-12-5-6-15-19-7-14(17(23)21(15)8-12)16(22)20-9-13(10-24-4)25-18(2,3)11-20/h5-8,13H,9-11H2,1-4H3/t13-/m0/s1. The summed E-state index contributed by atoms with van der Waals surface area (Å²) >= 11 is 0. The van der Waals surface area contributed by atoms with Crippen LogP contribution in [0.2, 0.25) is 0 Å². The molecule has 1 aliphatic heterocycles. The summed E-state index contributed by atoms with van der Waals surface area (Å²) < 4.78 is 12.5. The Labute approximate surface area is 146 Å². The Bertz CT molecular complexity index is 859. The highest BCUT2D eigenvalue weighted by molar-refractivity contribution is 5.94. The molecule has 0 saturated carbocycles. The molecule has 1 fully saturated rings. The number of hydrogen-bond acceptors (Lipinski definition) is 5. The molecule has 3 rings (SSSR count). The van der Waals surface area contributed by atoms with Crippen molar-refractivity contribution in [1.82, 2.24) is 14.3 Å². The Morgan fingerprint density at radius 3 is 2.92 bits per heavy atom. The number of morpholine rings is 1. The lowest BCUT2D eigenvalue weighted by Crippen LogP contribution is -2.56. The van der Waals surface area contributed by atoms with Crippen LogP contribution in [0.25, 0.3) is 5.65 Å². The van der Waals surface area contributed by atoms with Crippen molar-refractivity contribution in [3.05, 3.63) is 46.0 Å². The first-order valence-corrected chi connectivity index (χ1v) is 8.25. The first-order valence-electron chi connectivity index (χ1n) is 8.25. The SMILES string of the molecule is COC[C@@H]1CN(C(=O)c2cnc3ccc(C)cn3c2=O)CC(C)(C)O1. The molecule has 25 heavy (non-hydrogen) atoms. The Morgan fingerprint density at radius 2 is 2.20 bits per heavy atom. The summed E-state index contributed by atoms with van der Waals surface area (Å²) in [7, 11) is 1.60. The first kappa shape index (κ1) is 17.6. The fraction of sp³-hybridized carbons (Fsp3) is 0.500. The maximum absolute atomic E-state index is 13.0. The van der Waals surface area contributed by atoms with Crippen LogP contribution in [0.15, 0.2) is 29.3 Å². The molecule has 1 aliphatic rings. The molecule has 0 unspecified atom stereocenters. The van der Waals surface area contributed by atoms with Gasteiger partial charge in [0.05, 0.1) is 18.3 Å². The third kappa shape index (κ3) is 3.57. The van der Waals surface area contributed by atoms with Crippen molar-refractivity contribution in [2.24, 2.45) is 0 Å². The van der Waals surface area contributed by atoms with E-state index in [1.807, 2.05) is 26.8 Å². The highest BCUT2D eigenvalue weighted by atomic mass is 16.5. The third-order valence-corrected chi connectivity index (χ3v) is 4.20. The number of pyridine rings is 1. The molecule has 3 heterocycles. The van der Waals surface area contributed by atoms with Crippen LogP contribution in [-0.4, -0.2) is 58.7 Å². The van der Waals surface area contributed by atoms with Crippen molar-refractivity contribution in [2.75, 3.05) is 26.8 Å². The minimum atomic E-state index is -0.506. The summed E-state index contributed by atoms with van der Waals surface area (Å²) in [6, 6.07) is 3.64. The van der Waals surface area contributed by atoms with E-state index in [9.17, 15) is 9.59 Å². The summed E-state index contributed by atoms with van der Waals surface area (Å²) in [4.78, 5) is 31.6. The van der Waals surface area contributed by atoms with Gasteiger partial charge in [0.15, 0.2) is 0 Å². The quantitative estimate of drug-likeness (QED) is 0.838. The molecule has 1 atom stereocenters. The zero-order chi connectivity index (χ0) is 18.2. The minimum Gasteiger partial charge on any atom is -0.382 e. The number of aryl methyl sites for hydroxylation is 1. The van der Waals surface area contributed by atoms with Crippen LogP contribution in [0.5, 0.6) is 0 Å². The normalized spacial score (nSPS) is 20.0. The summed E-state index contributed by atoms with van der Waals surface area (Å²) in [6.07, 6.45) is 2.83. The molecule has 0 N–H and O–H groups in total. The van der Waals surface area contributed by atoms with E-state index in [0.717, 1.165) is 5.56 Å². The third-order valence-electron chi connectivity index (χ3n) is 4.20. The van der Waals surface area contributed by atoms with Gasteiger partial charge in [0, 0.05) is 32.6 Å². The second-order valence-corrected chi connectivity index (χ2v) is 7.05. The van der Waals surface area contributed by atoms with Gasteiger partial charge in [0.2, 0.25) is 0 Å². The number of fused-ring (bicyclic) bond motifs is 1. The number of ether oxygens (including phenoxy) is 2. The predicted molar refractivity (Wildman–Crippen MR) is 92.9 cm³/mol. The Hall–Kier alpha value is -2.25. The summed E-state index contributed by atoms with van der Waals surface area (Å²) in [5.74, 6) is -0.328. The zero-order valence-electron chi connectivity index (χ0n) is 15.0. The molecule has 0 aliphatic carbocycles. The Balaban J connectivity index is 1.96. The van der Waals surface area contributed by atoms with E-state index >= 15 is 0 Å². The van der Waals surface area contributed by atoms with Gasteiger partial charge in [-0.1, -0.05) is 6.07 Å². The lowest BCUT2D eigenvalue weighted by atomic mass is 10.0. The smallest absolute Gasteiger partial charge is 0.270 e. The van der Waals surface area contributed by atoms with Crippen molar-refractivity contribution < 1.29 is 14.3 Å². The Morgan fingerprint density at radius 1 is 1.44 bits per heavy atom. The van der Waals surface area contributed by atoms with Crippen LogP contribution in [0.1, 0.15) is 29.8 Å².